The highest BCUT2D eigenvalue weighted by Gasteiger charge is 2.13. The third-order valence-electron chi connectivity index (χ3n) is 4.61. The van der Waals surface area contributed by atoms with Crippen molar-refractivity contribution in [2.24, 2.45) is 4.99 Å². The summed E-state index contributed by atoms with van der Waals surface area (Å²) in [5.41, 5.74) is 1.93. The van der Waals surface area contributed by atoms with Gasteiger partial charge in [0.15, 0.2) is 5.96 Å². The average molecular weight is 414 g/mol. The molecule has 0 heterocycles. The van der Waals surface area contributed by atoms with Crippen molar-refractivity contribution >= 4 is 5.96 Å². The van der Waals surface area contributed by atoms with Crippen LogP contribution in [0.5, 0.6) is 11.5 Å². The van der Waals surface area contributed by atoms with Gasteiger partial charge in [0, 0.05) is 25.6 Å². The first kappa shape index (κ1) is 23.5. The van der Waals surface area contributed by atoms with Crippen molar-refractivity contribution in [3.05, 3.63) is 59.7 Å². The van der Waals surface area contributed by atoms with Gasteiger partial charge < -0.3 is 25.2 Å². The zero-order chi connectivity index (χ0) is 21.9. The van der Waals surface area contributed by atoms with Crippen molar-refractivity contribution in [1.82, 2.24) is 10.6 Å². The van der Waals surface area contributed by atoms with Crippen LogP contribution < -0.4 is 20.1 Å². The minimum Gasteiger partial charge on any atom is -0.496 e. The first-order chi connectivity index (χ1) is 14.4. The molecule has 0 aliphatic rings. The van der Waals surface area contributed by atoms with E-state index in [1.54, 1.807) is 7.11 Å². The first-order valence-corrected chi connectivity index (χ1v) is 10.5. The van der Waals surface area contributed by atoms with Crippen molar-refractivity contribution in [3.63, 3.8) is 0 Å². The largest absolute Gasteiger partial charge is 0.496 e. The number of aliphatic imine (C=N–C) groups is 1. The quantitative estimate of drug-likeness (QED) is 0.407. The number of hydrogen-bond donors (Lipinski definition) is 3. The van der Waals surface area contributed by atoms with Crippen LogP contribution >= 0.6 is 0 Å². The summed E-state index contributed by atoms with van der Waals surface area (Å²) in [5, 5.41) is 17.1. The molecule has 164 valence electrons. The Balaban J connectivity index is 1.99. The fourth-order valence-corrected chi connectivity index (χ4v) is 3.12. The Morgan fingerprint density at radius 1 is 1.07 bits per heavy atom. The molecule has 0 aliphatic carbocycles. The molecule has 2 unspecified atom stereocenters. The maximum Gasteiger partial charge on any atom is 0.191 e. The second kappa shape index (κ2) is 12.1. The van der Waals surface area contributed by atoms with Crippen LogP contribution in [0.4, 0.5) is 0 Å². The average Bonchev–Trinajstić information content (AvgIpc) is 2.74. The fraction of sp³-hybridized carbons (Fsp3) is 0.458. The van der Waals surface area contributed by atoms with Gasteiger partial charge in [-0.3, -0.25) is 4.99 Å². The van der Waals surface area contributed by atoms with Crippen LogP contribution in [0.3, 0.4) is 0 Å². The standard InChI is InChI=1S/C24H35N3O3/c1-6-25-24(26-15-18(4)21-12-7-8-13-23(21)29-5)27-16-22(28)19-10-9-11-20(14-19)30-17(2)3/h7-14,17-18,22,28H,6,15-16H2,1-5H3,(H2,25,26,27). The van der Waals surface area contributed by atoms with Crippen molar-refractivity contribution < 1.29 is 14.6 Å². The molecule has 0 saturated heterocycles. The smallest absolute Gasteiger partial charge is 0.191 e. The highest BCUT2D eigenvalue weighted by Crippen LogP contribution is 2.26. The Morgan fingerprint density at radius 2 is 1.83 bits per heavy atom. The lowest BCUT2D eigenvalue weighted by Crippen LogP contribution is -2.39. The number of aliphatic hydroxyl groups excluding tert-OH is 1. The summed E-state index contributed by atoms with van der Waals surface area (Å²) in [7, 11) is 1.68. The van der Waals surface area contributed by atoms with Gasteiger partial charge in [-0.1, -0.05) is 37.3 Å². The Morgan fingerprint density at radius 3 is 2.53 bits per heavy atom. The van der Waals surface area contributed by atoms with Gasteiger partial charge in [0.2, 0.25) is 0 Å². The lowest BCUT2D eigenvalue weighted by atomic mass is 10.0. The van der Waals surface area contributed by atoms with Crippen molar-refractivity contribution in [1.29, 1.82) is 0 Å². The van der Waals surface area contributed by atoms with Crippen LogP contribution in [0.2, 0.25) is 0 Å². The van der Waals surface area contributed by atoms with Gasteiger partial charge in [-0.05, 0) is 50.1 Å². The molecule has 2 aromatic rings. The number of benzene rings is 2. The van der Waals surface area contributed by atoms with Gasteiger partial charge in [-0.25, -0.2) is 0 Å². The zero-order valence-electron chi connectivity index (χ0n) is 18.7. The van der Waals surface area contributed by atoms with E-state index in [0.29, 0.717) is 19.0 Å². The van der Waals surface area contributed by atoms with Crippen LogP contribution in [0.1, 0.15) is 50.8 Å². The van der Waals surface area contributed by atoms with E-state index in [1.165, 1.54) is 0 Å². The lowest BCUT2D eigenvalue weighted by molar-refractivity contribution is 0.179. The second-order valence-electron chi connectivity index (χ2n) is 7.50. The Hall–Kier alpha value is -2.73. The molecule has 0 amide bonds. The second-order valence-corrected chi connectivity index (χ2v) is 7.50. The van der Waals surface area contributed by atoms with Crippen LogP contribution in [-0.2, 0) is 0 Å². The van der Waals surface area contributed by atoms with Gasteiger partial charge in [-0.2, -0.15) is 0 Å². The van der Waals surface area contributed by atoms with E-state index < -0.39 is 6.10 Å². The molecule has 0 fully saturated rings. The summed E-state index contributed by atoms with van der Waals surface area (Å²) in [4.78, 5) is 4.69. The summed E-state index contributed by atoms with van der Waals surface area (Å²) in [6, 6.07) is 15.6. The van der Waals surface area contributed by atoms with Gasteiger partial charge >= 0.3 is 0 Å². The molecule has 0 spiro atoms. The van der Waals surface area contributed by atoms with E-state index in [9.17, 15) is 5.11 Å². The van der Waals surface area contributed by atoms with Crippen LogP contribution in [0.15, 0.2) is 53.5 Å². The summed E-state index contributed by atoms with van der Waals surface area (Å²) >= 11 is 0. The molecule has 6 heteroatoms. The molecule has 0 bridgehead atoms. The highest BCUT2D eigenvalue weighted by atomic mass is 16.5. The molecule has 0 aliphatic heterocycles. The molecule has 2 aromatic carbocycles. The predicted molar refractivity (Wildman–Crippen MR) is 123 cm³/mol. The molecule has 0 aromatic heterocycles. The first-order valence-electron chi connectivity index (χ1n) is 10.5. The number of aliphatic hydroxyl groups is 1. The van der Waals surface area contributed by atoms with E-state index in [4.69, 9.17) is 14.5 Å². The van der Waals surface area contributed by atoms with Crippen LogP contribution in [-0.4, -0.2) is 43.9 Å². The minimum atomic E-state index is -0.670. The fourth-order valence-electron chi connectivity index (χ4n) is 3.12. The van der Waals surface area contributed by atoms with Crippen molar-refractivity contribution in [3.8, 4) is 11.5 Å². The highest BCUT2D eigenvalue weighted by molar-refractivity contribution is 5.79. The van der Waals surface area contributed by atoms with E-state index in [-0.39, 0.29) is 12.0 Å². The normalized spacial score (nSPS) is 13.6. The summed E-state index contributed by atoms with van der Waals surface area (Å²) in [5.74, 6) is 2.50. The number of ether oxygens (including phenoxy) is 2. The van der Waals surface area contributed by atoms with E-state index in [2.05, 4.69) is 23.6 Å². The third-order valence-corrected chi connectivity index (χ3v) is 4.61. The van der Waals surface area contributed by atoms with Gasteiger partial charge in [-0.15, -0.1) is 0 Å². The van der Waals surface area contributed by atoms with Gasteiger partial charge in [0.25, 0.3) is 0 Å². The maximum absolute atomic E-state index is 10.6. The van der Waals surface area contributed by atoms with Gasteiger partial charge in [0.05, 0.1) is 19.3 Å². The molecule has 0 radical (unpaired) electrons. The molecule has 2 atom stereocenters. The molecule has 0 saturated carbocycles. The predicted octanol–water partition coefficient (Wildman–Crippen LogP) is 3.87. The summed E-state index contributed by atoms with van der Waals surface area (Å²) in [6.07, 6.45) is -0.579. The van der Waals surface area contributed by atoms with Crippen molar-refractivity contribution in [2.45, 2.75) is 45.8 Å². The molecule has 2 rings (SSSR count). The number of guanidine groups is 1. The van der Waals surface area contributed by atoms with E-state index in [0.717, 1.165) is 29.2 Å². The van der Waals surface area contributed by atoms with Crippen LogP contribution in [0.25, 0.3) is 0 Å². The molecule has 3 N–H and O–H groups in total. The van der Waals surface area contributed by atoms with E-state index >= 15 is 0 Å². The number of para-hydroxylation sites is 1. The van der Waals surface area contributed by atoms with E-state index in [1.807, 2.05) is 63.2 Å². The number of hydrogen-bond acceptors (Lipinski definition) is 4. The summed E-state index contributed by atoms with van der Waals surface area (Å²) < 4.78 is 11.2. The minimum absolute atomic E-state index is 0.0910. The number of rotatable bonds is 10. The zero-order valence-corrected chi connectivity index (χ0v) is 18.7. The monoisotopic (exact) mass is 413 g/mol. The maximum atomic E-state index is 10.6. The number of nitrogens with zero attached hydrogens (tertiary/aromatic N) is 1. The third kappa shape index (κ3) is 7.26. The molecular formula is C24H35N3O3. The van der Waals surface area contributed by atoms with Crippen LogP contribution in [0, 0.1) is 0 Å². The Labute approximate surface area is 180 Å². The Kier molecular flexibility index (Phi) is 9.48. The topological polar surface area (TPSA) is 75.1 Å². The Bertz CT molecular complexity index is 808. The van der Waals surface area contributed by atoms with Gasteiger partial charge in [0.1, 0.15) is 11.5 Å². The number of methoxy groups -OCH3 is 1. The molecule has 30 heavy (non-hydrogen) atoms. The summed E-state index contributed by atoms with van der Waals surface area (Å²) in [6.45, 7) is 9.79. The molecular weight excluding hydrogens is 378 g/mol. The molecule has 6 nitrogen and oxygen atoms in total. The lowest BCUT2D eigenvalue weighted by Gasteiger charge is -2.18. The number of nitrogens with one attached hydrogen (secondary N) is 2. The SMILES string of the molecule is CCNC(=NCC(C)c1ccccc1OC)NCC(O)c1cccc(OC(C)C)c1. The van der Waals surface area contributed by atoms with Crippen molar-refractivity contribution in [2.75, 3.05) is 26.7 Å².